The summed E-state index contributed by atoms with van der Waals surface area (Å²) in [5, 5.41) is 0.707. The van der Waals surface area contributed by atoms with Crippen LogP contribution in [0.5, 0.6) is 0 Å². The van der Waals surface area contributed by atoms with E-state index in [0.29, 0.717) is 5.02 Å². The molecule has 0 aromatic heterocycles. The number of likely N-dealkylation sites (tertiary alicyclic amines) is 1. The lowest BCUT2D eigenvalue weighted by atomic mass is 10.0. The molecule has 1 heterocycles. The molecule has 1 aliphatic carbocycles. The second-order valence-electron chi connectivity index (χ2n) is 7.07. The van der Waals surface area contributed by atoms with Crippen molar-refractivity contribution in [2.24, 2.45) is 11.8 Å². The summed E-state index contributed by atoms with van der Waals surface area (Å²) in [5.74, 6) is 1.61. The van der Waals surface area contributed by atoms with E-state index in [2.05, 4.69) is 4.90 Å². The van der Waals surface area contributed by atoms with Crippen molar-refractivity contribution in [2.75, 3.05) is 19.6 Å². The SMILES string of the molecule is CC(=O)OC(CCN1CCC2CCC(C2)C1)c1ccc(Cl)cc1. The van der Waals surface area contributed by atoms with E-state index in [1.807, 2.05) is 24.3 Å². The van der Waals surface area contributed by atoms with Gasteiger partial charge in [-0.1, -0.05) is 30.2 Å². The maximum absolute atomic E-state index is 11.4. The number of carbonyl (C=O) groups excluding carboxylic acids is 1. The molecular weight excluding hydrogens is 310 g/mol. The lowest BCUT2D eigenvalue weighted by Crippen LogP contribution is -2.31. The van der Waals surface area contributed by atoms with Gasteiger partial charge < -0.3 is 9.64 Å². The van der Waals surface area contributed by atoms with Crippen LogP contribution in [-0.4, -0.2) is 30.5 Å². The zero-order chi connectivity index (χ0) is 16.2. The van der Waals surface area contributed by atoms with Gasteiger partial charge in [0, 0.05) is 31.5 Å². The fourth-order valence-corrected chi connectivity index (χ4v) is 4.23. The van der Waals surface area contributed by atoms with Crippen LogP contribution in [0.3, 0.4) is 0 Å². The second kappa shape index (κ2) is 7.67. The van der Waals surface area contributed by atoms with Crippen LogP contribution >= 0.6 is 11.6 Å². The summed E-state index contributed by atoms with van der Waals surface area (Å²) >= 11 is 5.96. The molecule has 0 radical (unpaired) electrons. The minimum atomic E-state index is -0.222. The molecule has 0 N–H and O–H groups in total. The van der Waals surface area contributed by atoms with Crippen molar-refractivity contribution in [3.05, 3.63) is 34.9 Å². The lowest BCUT2D eigenvalue weighted by Gasteiger charge is -2.27. The molecule has 0 amide bonds. The first kappa shape index (κ1) is 16.8. The summed E-state index contributed by atoms with van der Waals surface area (Å²) in [7, 11) is 0. The van der Waals surface area contributed by atoms with E-state index in [1.54, 1.807) is 0 Å². The largest absolute Gasteiger partial charge is 0.458 e. The Kier molecular flexibility index (Phi) is 5.60. The van der Waals surface area contributed by atoms with Crippen LogP contribution in [0.1, 0.15) is 50.7 Å². The molecule has 2 aliphatic rings. The van der Waals surface area contributed by atoms with E-state index >= 15 is 0 Å². The summed E-state index contributed by atoms with van der Waals surface area (Å²) in [6.07, 6.45) is 6.24. The van der Waals surface area contributed by atoms with Gasteiger partial charge in [0.25, 0.3) is 0 Å². The van der Waals surface area contributed by atoms with E-state index < -0.39 is 0 Å². The molecule has 1 saturated heterocycles. The molecule has 1 aromatic carbocycles. The van der Waals surface area contributed by atoms with E-state index in [-0.39, 0.29) is 12.1 Å². The Balaban J connectivity index is 1.59. The Bertz CT molecular complexity index is 531. The average molecular weight is 336 g/mol. The van der Waals surface area contributed by atoms with Gasteiger partial charge in [-0.05, 0) is 55.3 Å². The average Bonchev–Trinajstić information content (AvgIpc) is 2.85. The molecule has 126 valence electrons. The van der Waals surface area contributed by atoms with E-state index in [9.17, 15) is 4.79 Å². The van der Waals surface area contributed by atoms with Crippen molar-refractivity contribution in [1.82, 2.24) is 4.90 Å². The highest BCUT2D eigenvalue weighted by Crippen LogP contribution is 2.36. The standard InChI is InChI=1S/C19H26ClNO2/c1-14(22)23-19(17-4-6-18(20)7-5-17)9-11-21-10-8-15-2-3-16(12-15)13-21/h4-7,15-16,19H,2-3,8-13H2,1H3. The molecule has 3 unspecified atom stereocenters. The van der Waals surface area contributed by atoms with E-state index in [0.717, 1.165) is 30.4 Å². The van der Waals surface area contributed by atoms with E-state index in [4.69, 9.17) is 16.3 Å². The number of halogens is 1. The Hall–Kier alpha value is -1.06. The minimum absolute atomic E-state index is 0.176. The summed E-state index contributed by atoms with van der Waals surface area (Å²) in [5.41, 5.74) is 1.03. The van der Waals surface area contributed by atoms with Gasteiger partial charge in [-0.25, -0.2) is 0 Å². The highest BCUT2D eigenvalue weighted by Gasteiger charge is 2.30. The molecule has 2 bridgehead atoms. The van der Waals surface area contributed by atoms with Crippen molar-refractivity contribution >= 4 is 17.6 Å². The topological polar surface area (TPSA) is 29.5 Å². The molecule has 3 rings (SSSR count). The third-order valence-electron chi connectivity index (χ3n) is 5.28. The van der Waals surface area contributed by atoms with Crippen LogP contribution < -0.4 is 0 Å². The number of nitrogens with zero attached hydrogens (tertiary/aromatic N) is 1. The lowest BCUT2D eigenvalue weighted by molar-refractivity contribution is -0.147. The van der Waals surface area contributed by atoms with Gasteiger partial charge in [0.15, 0.2) is 0 Å². The normalized spacial score (nSPS) is 25.8. The van der Waals surface area contributed by atoms with Crippen molar-refractivity contribution in [3.8, 4) is 0 Å². The molecule has 0 spiro atoms. The Labute approximate surface area is 144 Å². The Morgan fingerprint density at radius 2 is 2.00 bits per heavy atom. The number of hydrogen-bond donors (Lipinski definition) is 0. The van der Waals surface area contributed by atoms with Crippen LogP contribution in [0.2, 0.25) is 5.02 Å². The van der Waals surface area contributed by atoms with Crippen molar-refractivity contribution in [3.63, 3.8) is 0 Å². The van der Waals surface area contributed by atoms with Gasteiger partial charge in [-0.2, -0.15) is 0 Å². The molecule has 3 atom stereocenters. The third kappa shape index (κ3) is 4.71. The van der Waals surface area contributed by atoms with Gasteiger partial charge in [-0.15, -0.1) is 0 Å². The molecular formula is C19H26ClNO2. The predicted octanol–water partition coefficient (Wildman–Crippen LogP) is 4.46. The van der Waals surface area contributed by atoms with Crippen LogP contribution in [0.25, 0.3) is 0 Å². The first-order valence-electron chi connectivity index (χ1n) is 8.75. The van der Waals surface area contributed by atoms with Gasteiger partial charge in [-0.3, -0.25) is 4.79 Å². The molecule has 1 saturated carbocycles. The van der Waals surface area contributed by atoms with Crippen LogP contribution in [0, 0.1) is 11.8 Å². The third-order valence-corrected chi connectivity index (χ3v) is 5.53. The molecule has 2 fully saturated rings. The van der Waals surface area contributed by atoms with Gasteiger partial charge in [0.1, 0.15) is 6.10 Å². The number of benzene rings is 1. The molecule has 1 aromatic rings. The van der Waals surface area contributed by atoms with Crippen molar-refractivity contribution in [2.45, 2.75) is 45.1 Å². The molecule has 4 heteroatoms. The fraction of sp³-hybridized carbons (Fsp3) is 0.632. The minimum Gasteiger partial charge on any atom is -0.458 e. The summed E-state index contributed by atoms with van der Waals surface area (Å²) in [6, 6.07) is 7.64. The van der Waals surface area contributed by atoms with Crippen molar-refractivity contribution < 1.29 is 9.53 Å². The Morgan fingerprint density at radius 1 is 1.26 bits per heavy atom. The Morgan fingerprint density at radius 3 is 2.74 bits per heavy atom. The predicted molar refractivity (Wildman–Crippen MR) is 92.5 cm³/mol. The number of fused-ring (bicyclic) bond motifs is 2. The molecule has 23 heavy (non-hydrogen) atoms. The molecule has 3 nitrogen and oxygen atoms in total. The number of carbonyl (C=O) groups is 1. The summed E-state index contributed by atoms with van der Waals surface area (Å²) in [4.78, 5) is 14.0. The zero-order valence-electron chi connectivity index (χ0n) is 13.8. The van der Waals surface area contributed by atoms with Crippen LogP contribution in [0.4, 0.5) is 0 Å². The quantitative estimate of drug-likeness (QED) is 0.744. The fourth-order valence-electron chi connectivity index (χ4n) is 4.10. The maximum atomic E-state index is 11.4. The smallest absolute Gasteiger partial charge is 0.303 e. The first-order valence-corrected chi connectivity index (χ1v) is 9.13. The summed E-state index contributed by atoms with van der Waals surface area (Å²) in [6.45, 7) is 4.87. The highest BCUT2D eigenvalue weighted by atomic mass is 35.5. The maximum Gasteiger partial charge on any atom is 0.303 e. The van der Waals surface area contributed by atoms with Gasteiger partial charge in [0.2, 0.25) is 0 Å². The zero-order valence-corrected chi connectivity index (χ0v) is 14.6. The number of hydrogen-bond acceptors (Lipinski definition) is 3. The monoisotopic (exact) mass is 335 g/mol. The van der Waals surface area contributed by atoms with Gasteiger partial charge in [0.05, 0.1) is 0 Å². The highest BCUT2D eigenvalue weighted by molar-refractivity contribution is 6.30. The summed E-state index contributed by atoms with van der Waals surface area (Å²) < 4.78 is 5.55. The number of rotatable bonds is 5. The molecule has 1 aliphatic heterocycles. The van der Waals surface area contributed by atoms with Crippen molar-refractivity contribution in [1.29, 1.82) is 0 Å². The van der Waals surface area contributed by atoms with Gasteiger partial charge >= 0.3 is 5.97 Å². The first-order chi connectivity index (χ1) is 11.1. The van der Waals surface area contributed by atoms with E-state index in [1.165, 1.54) is 45.7 Å². The van der Waals surface area contributed by atoms with Crippen LogP contribution in [-0.2, 0) is 9.53 Å². The number of esters is 1. The number of ether oxygens (including phenoxy) is 1. The van der Waals surface area contributed by atoms with Crippen LogP contribution in [0.15, 0.2) is 24.3 Å². The second-order valence-corrected chi connectivity index (χ2v) is 7.51.